The highest BCUT2D eigenvalue weighted by molar-refractivity contribution is 7.89. The molecular formula is C19H24ClFN4O3S. The van der Waals surface area contributed by atoms with Crippen LogP contribution in [0.25, 0.3) is 0 Å². The normalized spacial score (nSPS) is 26.0. The summed E-state index contributed by atoms with van der Waals surface area (Å²) in [5.74, 6) is -0.521. The predicted molar refractivity (Wildman–Crippen MR) is 108 cm³/mol. The second-order valence-electron chi connectivity index (χ2n) is 7.65. The maximum Gasteiger partial charge on any atom is 0.262 e. The Hall–Kier alpha value is -1.68. The lowest BCUT2D eigenvalue weighted by Crippen LogP contribution is -2.39. The monoisotopic (exact) mass is 442 g/mol. The molecule has 0 saturated carbocycles. The quantitative estimate of drug-likeness (QED) is 0.770. The molecule has 2 aromatic rings. The smallest absolute Gasteiger partial charge is 0.262 e. The van der Waals surface area contributed by atoms with Gasteiger partial charge >= 0.3 is 0 Å². The van der Waals surface area contributed by atoms with E-state index in [2.05, 4.69) is 10.3 Å². The number of imidazole rings is 1. The highest BCUT2D eigenvalue weighted by Crippen LogP contribution is 2.33. The average molecular weight is 443 g/mol. The number of sulfonamides is 1. The molecule has 0 spiro atoms. The minimum absolute atomic E-state index is 0.0245. The molecule has 10 heteroatoms. The van der Waals surface area contributed by atoms with Crippen LogP contribution in [0.2, 0.25) is 5.02 Å². The van der Waals surface area contributed by atoms with Crippen LogP contribution < -0.4 is 5.32 Å². The molecule has 1 N–H and O–H groups in total. The summed E-state index contributed by atoms with van der Waals surface area (Å²) in [6, 6.07) is 4.24. The Morgan fingerprint density at radius 1 is 1.31 bits per heavy atom. The van der Waals surface area contributed by atoms with E-state index < -0.39 is 15.8 Å². The topological polar surface area (TPSA) is 76.5 Å². The first-order valence-corrected chi connectivity index (χ1v) is 11.5. The number of hydrogen-bond donors (Lipinski definition) is 1. The van der Waals surface area contributed by atoms with Gasteiger partial charge in [-0.05, 0) is 37.5 Å². The number of aryl methyl sites for hydroxylation is 1. The number of benzene rings is 1. The third-order valence-electron chi connectivity index (χ3n) is 5.58. The van der Waals surface area contributed by atoms with Crippen molar-refractivity contribution in [1.82, 2.24) is 13.9 Å². The minimum atomic E-state index is -3.71. The number of aromatic nitrogens is 2. The summed E-state index contributed by atoms with van der Waals surface area (Å²) in [5.41, 5.74) is 0.652. The van der Waals surface area contributed by atoms with Gasteiger partial charge in [-0.15, -0.1) is 0 Å². The third kappa shape index (κ3) is 4.28. The lowest BCUT2D eigenvalue weighted by molar-refractivity contribution is -0.0189. The van der Waals surface area contributed by atoms with E-state index in [0.29, 0.717) is 18.8 Å². The lowest BCUT2D eigenvalue weighted by atomic mass is 9.91. The van der Waals surface area contributed by atoms with E-state index in [1.807, 2.05) is 0 Å². The maximum absolute atomic E-state index is 13.5. The second kappa shape index (κ2) is 8.22. The van der Waals surface area contributed by atoms with Gasteiger partial charge in [0.25, 0.3) is 10.0 Å². The van der Waals surface area contributed by atoms with Crippen LogP contribution in [0.1, 0.15) is 19.3 Å². The van der Waals surface area contributed by atoms with Crippen molar-refractivity contribution in [2.75, 3.05) is 25.0 Å². The van der Waals surface area contributed by atoms with E-state index in [0.717, 1.165) is 19.3 Å². The van der Waals surface area contributed by atoms with Crippen molar-refractivity contribution in [2.24, 2.45) is 13.0 Å². The molecule has 158 valence electrons. The fourth-order valence-electron chi connectivity index (χ4n) is 4.07. The van der Waals surface area contributed by atoms with Crippen molar-refractivity contribution < 1.29 is 17.5 Å². The summed E-state index contributed by atoms with van der Waals surface area (Å²) in [7, 11) is -1.98. The summed E-state index contributed by atoms with van der Waals surface area (Å²) < 4.78 is 48.7. The first-order valence-electron chi connectivity index (χ1n) is 9.66. The van der Waals surface area contributed by atoms with Gasteiger partial charge in [0, 0.05) is 50.6 Å². The molecule has 4 rings (SSSR count). The molecule has 3 heterocycles. The molecule has 2 saturated heterocycles. The Bertz CT molecular complexity index is 978. The number of anilines is 1. The van der Waals surface area contributed by atoms with Gasteiger partial charge in [-0.1, -0.05) is 11.6 Å². The maximum atomic E-state index is 13.5. The van der Waals surface area contributed by atoms with Crippen molar-refractivity contribution in [3.63, 3.8) is 0 Å². The highest BCUT2D eigenvalue weighted by Gasteiger charge is 2.44. The average Bonchev–Trinajstić information content (AvgIpc) is 3.33. The van der Waals surface area contributed by atoms with E-state index in [1.165, 1.54) is 29.0 Å². The Morgan fingerprint density at radius 2 is 2.14 bits per heavy atom. The van der Waals surface area contributed by atoms with Crippen molar-refractivity contribution in [2.45, 2.75) is 36.4 Å². The van der Waals surface area contributed by atoms with Gasteiger partial charge in [0.15, 0.2) is 5.03 Å². The van der Waals surface area contributed by atoms with Crippen LogP contribution in [0.4, 0.5) is 10.1 Å². The SMILES string of the molecule is Cn1cnc(S(=O)(=O)N2C[C@@H](Nc3ccc(F)c(Cl)c3)[C@H](C3CCCCO3)C2)c1. The van der Waals surface area contributed by atoms with E-state index in [9.17, 15) is 12.8 Å². The van der Waals surface area contributed by atoms with Gasteiger partial charge in [0.05, 0.1) is 17.5 Å². The van der Waals surface area contributed by atoms with Gasteiger partial charge in [-0.3, -0.25) is 0 Å². The molecule has 1 unspecified atom stereocenters. The van der Waals surface area contributed by atoms with Crippen molar-refractivity contribution in [3.05, 3.63) is 41.6 Å². The zero-order chi connectivity index (χ0) is 20.6. The van der Waals surface area contributed by atoms with Crippen LogP contribution in [-0.4, -0.2) is 54.1 Å². The van der Waals surface area contributed by atoms with Gasteiger partial charge < -0.3 is 14.6 Å². The van der Waals surface area contributed by atoms with Crippen LogP contribution >= 0.6 is 11.6 Å². The van der Waals surface area contributed by atoms with Gasteiger partial charge in [-0.25, -0.2) is 17.8 Å². The summed E-state index contributed by atoms with van der Waals surface area (Å²) in [6.45, 7) is 1.30. The van der Waals surface area contributed by atoms with E-state index >= 15 is 0 Å². The first kappa shape index (κ1) is 20.6. The van der Waals surface area contributed by atoms with Crippen LogP contribution in [-0.2, 0) is 21.8 Å². The zero-order valence-corrected chi connectivity index (χ0v) is 17.7. The summed E-state index contributed by atoms with van der Waals surface area (Å²) in [4.78, 5) is 4.02. The molecule has 2 fully saturated rings. The number of ether oxygens (including phenoxy) is 1. The molecule has 2 aliphatic rings. The molecule has 0 radical (unpaired) electrons. The number of nitrogens with one attached hydrogen (secondary N) is 1. The van der Waals surface area contributed by atoms with Gasteiger partial charge in [0.1, 0.15) is 5.82 Å². The number of nitrogens with zero attached hydrogens (tertiary/aromatic N) is 3. The van der Waals surface area contributed by atoms with Gasteiger partial charge in [-0.2, -0.15) is 4.31 Å². The van der Waals surface area contributed by atoms with E-state index in [1.54, 1.807) is 17.7 Å². The van der Waals surface area contributed by atoms with Crippen LogP contribution in [0.3, 0.4) is 0 Å². The fraction of sp³-hybridized carbons (Fsp3) is 0.526. The molecule has 7 nitrogen and oxygen atoms in total. The Kier molecular flexibility index (Phi) is 5.83. The third-order valence-corrected chi connectivity index (χ3v) is 7.59. The highest BCUT2D eigenvalue weighted by atomic mass is 35.5. The molecule has 0 aliphatic carbocycles. The molecular weight excluding hydrogens is 419 g/mol. The minimum Gasteiger partial charge on any atom is -0.381 e. The molecule has 0 amide bonds. The molecule has 3 atom stereocenters. The van der Waals surface area contributed by atoms with E-state index in [-0.39, 0.29) is 34.7 Å². The molecule has 0 bridgehead atoms. The summed E-state index contributed by atoms with van der Waals surface area (Å²) in [5, 5.41) is 3.41. The predicted octanol–water partition coefficient (Wildman–Crippen LogP) is 2.88. The molecule has 1 aromatic carbocycles. The van der Waals surface area contributed by atoms with Crippen molar-refractivity contribution >= 4 is 27.3 Å². The van der Waals surface area contributed by atoms with Crippen molar-refractivity contribution in [1.29, 1.82) is 0 Å². The van der Waals surface area contributed by atoms with Crippen LogP contribution in [0.15, 0.2) is 35.7 Å². The van der Waals surface area contributed by atoms with E-state index in [4.69, 9.17) is 16.3 Å². The number of hydrogen-bond acceptors (Lipinski definition) is 5. The second-order valence-corrected chi connectivity index (χ2v) is 9.94. The molecule has 1 aromatic heterocycles. The summed E-state index contributed by atoms with van der Waals surface area (Å²) in [6.07, 6.45) is 5.92. The van der Waals surface area contributed by atoms with Crippen molar-refractivity contribution in [3.8, 4) is 0 Å². The lowest BCUT2D eigenvalue weighted by Gasteiger charge is -2.31. The summed E-state index contributed by atoms with van der Waals surface area (Å²) >= 11 is 5.91. The standard InChI is InChI=1S/C19H24ClFN4O3S/c1-24-11-19(22-12-24)29(26,27)25-9-14(18-4-2-3-7-28-18)17(10-25)23-13-5-6-16(21)15(20)8-13/h5-6,8,11-12,14,17-18,23H,2-4,7,9-10H2,1H3/t14-,17-,18?/m1/s1. The zero-order valence-electron chi connectivity index (χ0n) is 16.1. The number of halogens is 2. The van der Waals surface area contributed by atoms with Crippen LogP contribution in [0, 0.1) is 11.7 Å². The Labute approximate surface area is 174 Å². The molecule has 2 aliphatic heterocycles. The number of rotatable bonds is 5. The Morgan fingerprint density at radius 3 is 2.79 bits per heavy atom. The largest absolute Gasteiger partial charge is 0.381 e. The van der Waals surface area contributed by atoms with Gasteiger partial charge in [0.2, 0.25) is 0 Å². The Balaban J connectivity index is 1.59. The first-order chi connectivity index (χ1) is 13.8. The van der Waals surface area contributed by atoms with Crippen LogP contribution in [0.5, 0.6) is 0 Å². The molecule has 29 heavy (non-hydrogen) atoms. The fourth-order valence-corrected chi connectivity index (χ4v) is 5.73.